The Morgan fingerprint density at radius 2 is 2.14 bits per heavy atom. The van der Waals surface area contributed by atoms with Crippen molar-refractivity contribution < 1.29 is 0 Å². The molecule has 0 aromatic carbocycles. The highest BCUT2D eigenvalue weighted by Gasteiger charge is 2.16. The molecule has 2 unspecified atom stereocenters. The number of rotatable bonds is 4. The van der Waals surface area contributed by atoms with E-state index < -0.39 is 0 Å². The SMILES string of the molecule is CCC(CN)CN1CCCC(C)CC1. The van der Waals surface area contributed by atoms with E-state index in [1.165, 1.54) is 45.3 Å². The first-order valence-electron chi connectivity index (χ1n) is 6.18. The van der Waals surface area contributed by atoms with Crippen LogP contribution in [0.5, 0.6) is 0 Å². The summed E-state index contributed by atoms with van der Waals surface area (Å²) in [5, 5.41) is 0. The Kier molecular flexibility index (Phi) is 5.49. The van der Waals surface area contributed by atoms with Gasteiger partial charge in [-0.2, -0.15) is 0 Å². The quantitative estimate of drug-likeness (QED) is 0.749. The number of hydrogen-bond acceptors (Lipinski definition) is 2. The van der Waals surface area contributed by atoms with Gasteiger partial charge >= 0.3 is 0 Å². The standard InChI is InChI=1S/C12H26N2/c1-3-12(9-13)10-14-7-4-5-11(2)6-8-14/h11-12H,3-10,13H2,1-2H3. The van der Waals surface area contributed by atoms with Crippen molar-refractivity contribution in [2.75, 3.05) is 26.2 Å². The smallest absolute Gasteiger partial charge is 0.00216 e. The van der Waals surface area contributed by atoms with E-state index in [4.69, 9.17) is 5.73 Å². The highest BCUT2D eigenvalue weighted by Crippen LogP contribution is 2.17. The Bertz CT molecular complexity index is 143. The van der Waals surface area contributed by atoms with Crippen LogP contribution in [0.1, 0.15) is 39.5 Å². The van der Waals surface area contributed by atoms with Gasteiger partial charge in [-0.3, -0.25) is 0 Å². The Hall–Kier alpha value is -0.0800. The molecule has 1 rings (SSSR count). The van der Waals surface area contributed by atoms with Gasteiger partial charge in [0.1, 0.15) is 0 Å². The molecule has 2 atom stereocenters. The summed E-state index contributed by atoms with van der Waals surface area (Å²) < 4.78 is 0. The molecule has 2 nitrogen and oxygen atoms in total. The van der Waals surface area contributed by atoms with Gasteiger partial charge < -0.3 is 10.6 Å². The molecule has 0 saturated carbocycles. The lowest BCUT2D eigenvalue weighted by atomic mass is 10.0. The molecule has 2 N–H and O–H groups in total. The van der Waals surface area contributed by atoms with Gasteiger partial charge in [-0.15, -0.1) is 0 Å². The molecule has 0 bridgehead atoms. The second kappa shape index (κ2) is 6.41. The molecule has 1 heterocycles. The van der Waals surface area contributed by atoms with E-state index in [0.717, 1.165) is 12.5 Å². The molecule has 0 aromatic rings. The fourth-order valence-corrected chi connectivity index (χ4v) is 2.24. The molecule has 1 aliphatic rings. The van der Waals surface area contributed by atoms with Crippen LogP contribution < -0.4 is 5.73 Å². The average molecular weight is 198 g/mol. The summed E-state index contributed by atoms with van der Waals surface area (Å²) in [5.41, 5.74) is 5.74. The second-order valence-electron chi connectivity index (χ2n) is 4.85. The van der Waals surface area contributed by atoms with E-state index in [1.807, 2.05) is 0 Å². The zero-order valence-corrected chi connectivity index (χ0v) is 9.84. The highest BCUT2D eigenvalue weighted by atomic mass is 15.1. The molecule has 14 heavy (non-hydrogen) atoms. The lowest BCUT2D eigenvalue weighted by Crippen LogP contribution is -2.33. The van der Waals surface area contributed by atoms with E-state index >= 15 is 0 Å². The fraction of sp³-hybridized carbons (Fsp3) is 1.00. The van der Waals surface area contributed by atoms with E-state index in [9.17, 15) is 0 Å². The third-order valence-electron chi connectivity index (χ3n) is 3.54. The van der Waals surface area contributed by atoms with Gasteiger partial charge in [-0.1, -0.05) is 20.3 Å². The monoisotopic (exact) mass is 198 g/mol. The molecule has 1 saturated heterocycles. The first kappa shape index (κ1) is 12.0. The molecule has 1 fully saturated rings. The predicted octanol–water partition coefficient (Wildman–Crippen LogP) is 2.09. The van der Waals surface area contributed by atoms with Gasteiger partial charge in [0.05, 0.1) is 0 Å². The van der Waals surface area contributed by atoms with Crippen molar-refractivity contribution in [3.8, 4) is 0 Å². The van der Waals surface area contributed by atoms with Crippen LogP contribution in [-0.4, -0.2) is 31.1 Å². The van der Waals surface area contributed by atoms with Crippen LogP contribution in [0, 0.1) is 11.8 Å². The van der Waals surface area contributed by atoms with E-state index in [0.29, 0.717) is 5.92 Å². The number of nitrogens with zero attached hydrogens (tertiary/aromatic N) is 1. The second-order valence-corrected chi connectivity index (χ2v) is 4.85. The average Bonchev–Trinajstić information content (AvgIpc) is 2.40. The van der Waals surface area contributed by atoms with Crippen molar-refractivity contribution >= 4 is 0 Å². The van der Waals surface area contributed by atoms with Crippen LogP contribution in [0.4, 0.5) is 0 Å². The number of hydrogen-bond donors (Lipinski definition) is 1. The van der Waals surface area contributed by atoms with Crippen molar-refractivity contribution in [1.82, 2.24) is 4.90 Å². The minimum Gasteiger partial charge on any atom is -0.330 e. The van der Waals surface area contributed by atoms with Gasteiger partial charge in [0.25, 0.3) is 0 Å². The first-order valence-corrected chi connectivity index (χ1v) is 6.18. The van der Waals surface area contributed by atoms with E-state index in [1.54, 1.807) is 0 Å². The maximum Gasteiger partial charge on any atom is 0.00216 e. The van der Waals surface area contributed by atoms with Crippen LogP contribution in [-0.2, 0) is 0 Å². The highest BCUT2D eigenvalue weighted by molar-refractivity contribution is 4.70. The van der Waals surface area contributed by atoms with E-state index in [2.05, 4.69) is 18.7 Å². The van der Waals surface area contributed by atoms with Crippen LogP contribution >= 0.6 is 0 Å². The number of likely N-dealkylation sites (tertiary alicyclic amines) is 1. The first-order chi connectivity index (χ1) is 6.76. The predicted molar refractivity (Wildman–Crippen MR) is 62.3 cm³/mol. The molecule has 0 aliphatic carbocycles. The van der Waals surface area contributed by atoms with Crippen molar-refractivity contribution in [3.63, 3.8) is 0 Å². The molecule has 84 valence electrons. The summed E-state index contributed by atoms with van der Waals surface area (Å²) in [6, 6.07) is 0. The Balaban J connectivity index is 2.29. The normalized spacial score (nSPS) is 27.2. The van der Waals surface area contributed by atoms with E-state index in [-0.39, 0.29) is 0 Å². The van der Waals surface area contributed by atoms with Gasteiger partial charge in [0.15, 0.2) is 0 Å². The molecule has 1 aliphatic heterocycles. The molecular formula is C12H26N2. The molecule has 0 radical (unpaired) electrons. The molecule has 0 spiro atoms. The lowest BCUT2D eigenvalue weighted by molar-refractivity contribution is 0.235. The third kappa shape index (κ3) is 3.97. The minimum atomic E-state index is 0.711. The summed E-state index contributed by atoms with van der Waals surface area (Å²) in [7, 11) is 0. The Labute approximate surface area is 88.8 Å². The van der Waals surface area contributed by atoms with Gasteiger partial charge in [-0.25, -0.2) is 0 Å². The summed E-state index contributed by atoms with van der Waals surface area (Å²) in [5.74, 6) is 1.64. The summed E-state index contributed by atoms with van der Waals surface area (Å²) in [6.07, 6.45) is 5.39. The maximum atomic E-state index is 5.74. The van der Waals surface area contributed by atoms with Crippen molar-refractivity contribution in [2.24, 2.45) is 17.6 Å². The lowest BCUT2D eigenvalue weighted by Gasteiger charge is -2.24. The van der Waals surface area contributed by atoms with Gasteiger partial charge in [-0.05, 0) is 50.7 Å². The van der Waals surface area contributed by atoms with Crippen molar-refractivity contribution in [1.29, 1.82) is 0 Å². The zero-order chi connectivity index (χ0) is 10.4. The zero-order valence-electron chi connectivity index (χ0n) is 9.84. The number of nitrogens with two attached hydrogens (primary N) is 1. The largest absolute Gasteiger partial charge is 0.330 e. The topological polar surface area (TPSA) is 29.3 Å². The Morgan fingerprint density at radius 1 is 1.36 bits per heavy atom. The van der Waals surface area contributed by atoms with Gasteiger partial charge in [0.2, 0.25) is 0 Å². The Morgan fingerprint density at radius 3 is 2.79 bits per heavy atom. The van der Waals surface area contributed by atoms with Crippen molar-refractivity contribution in [3.05, 3.63) is 0 Å². The molecule has 2 heteroatoms. The summed E-state index contributed by atoms with van der Waals surface area (Å²) in [4.78, 5) is 2.62. The van der Waals surface area contributed by atoms with Crippen LogP contribution in [0.2, 0.25) is 0 Å². The molecular weight excluding hydrogens is 172 g/mol. The minimum absolute atomic E-state index is 0.711. The maximum absolute atomic E-state index is 5.74. The van der Waals surface area contributed by atoms with Crippen LogP contribution in [0.15, 0.2) is 0 Å². The fourth-order valence-electron chi connectivity index (χ4n) is 2.24. The van der Waals surface area contributed by atoms with Crippen molar-refractivity contribution in [2.45, 2.75) is 39.5 Å². The van der Waals surface area contributed by atoms with Crippen LogP contribution in [0.25, 0.3) is 0 Å². The summed E-state index contributed by atoms with van der Waals surface area (Å²) in [6.45, 7) is 9.28. The van der Waals surface area contributed by atoms with Gasteiger partial charge in [0, 0.05) is 6.54 Å². The molecule has 0 amide bonds. The van der Waals surface area contributed by atoms with Crippen LogP contribution in [0.3, 0.4) is 0 Å². The third-order valence-corrected chi connectivity index (χ3v) is 3.54. The summed E-state index contributed by atoms with van der Waals surface area (Å²) >= 11 is 0. The molecule has 0 aromatic heterocycles.